The molecule has 0 bridgehead atoms. The second-order valence-corrected chi connectivity index (χ2v) is 6.27. The minimum atomic E-state index is 0.664. The fourth-order valence-electron chi connectivity index (χ4n) is 2.25. The van der Waals surface area contributed by atoms with Crippen LogP contribution in [0.2, 0.25) is 5.02 Å². The van der Waals surface area contributed by atoms with Gasteiger partial charge in [-0.1, -0.05) is 35.1 Å². The highest BCUT2D eigenvalue weighted by atomic mass is 35.5. The second kappa shape index (κ2) is 4.72. The molecule has 0 aliphatic carbocycles. The largest absolute Gasteiger partial charge is 0.324 e. The van der Waals surface area contributed by atoms with Crippen LogP contribution in [0, 0.1) is 6.92 Å². The van der Waals surface area contributed by atoms with Gasteiger partial charge in [-0.05, 0) is 36.8 Å². The van der Waals surface area contributed by atoms with E-state index in [1.165, 1.54) is 5.56 Å². The minimum Gasteiger partial charge on any atom is -0.324 e. The van der Waals surface area contributed by atoms with Crippen LogP contribution in [0.4, 0.5) is 11.1 Å². The number of rotatable bonds is 2. The van der Waals surface area contributed by atoms with E-state index >= 15 is 0 Å². The maximum atomic E-state index is 6.15. The molecule has 2 N–H and O–H groups in total. The van der Waals surface area contributed by atoms with Crippen molar-refractivity contribution in [2.45, 2.75) is 6.92 Å². The molecular formula is C15H11ClN4S. The number of H-pyrrole nitrogens is 1. The fourth-order valence-corrected chi connectivity index (χ4v) is 3.42. The van der Waals surface area contributed by atoms with E-state index in [2.05, 4.69) is 33.3 Å². The van der Waals surface area contributed by atoms with E-state index in [1.54, 1.807) is 11.3 Å². The molecule has 4 aromatic rings. The van der Waals surface area contributed by atoms with Crippen LogP contribution in [-0.2, 0) is 0 Å². The van der Waals surface area contributed by atoms with E-state index in [1.807, 2.05) is 30.3 Å². The van der Waals surface area contributed by atoms with Gasteiger partial charge in [0.2, 0.25) is 5.95 Å². The third kappa shape index (κ3) is 2.24. The summed E-state index contributed by atoms with van der Waals surface area (Å²) in [6.07, 6.45) is 0. The summed E-state index contributed by atoms with van der Waals surface area (Å²) >= 11 is 7.70. The molecule has 21 heavy (non-hydrogen) atoms. The lowest BCUT2D eigenvalue weighted by atomic mass is 10.2. The van der Waals surface area contributed by atoms with E-state index < -0.39 is 0 Å². The van der Waals surface area contributed by atoms with E-state index in [4.69, 9.17) is 11.6 Å². The molecule has 2 heterocycles. The molecule has 0 spiro atoms. The highest BCUT2D eigenvalue weighted by Gasteiger charge is 2.09. The second-order valence-electron chi connectivity index (χ2n) is 4.84. The standard InChI is InChI=1S/C15H11ClN4S/c1-8-5-6-10-11(7-8)18-14(17-10)20-15-19-13-9(16)3-2-4-12(13)21-15/h2-7H,1H3,(H2,17,18,19,20). The first-order chi connectivity index (χ1) is 10.2. The van der Waals surface area contributed by atoms with Crippen molar-refractivity contribution >= 4 is 55.3 Å². The number of fused-ring (bicyclic) bond motifs is 2. The Kier molecular flexibility index (Phi) is 2.83. The normalized spacial score (nSPS) is 11.3. The van der Waals surface area contributed by atoms with E-state index in [0.29, 0.717) is 11.0 Å². The fraction of sp³-hybridized carbons (Fsp3) is 0.0667. The molecule has 0 atom stereocenters. The van der Waals surface area contributed by atoms with Gasteiger partial charge < -0.3 is 10.3 Å². The molecule has 4 rings (SSSR count). The van der Waals surface area contributed by atoms with Crippen molar-refractivity contribution in [2.75, 3.05) is 5.32 Å². The molecule has 6 heteroatoms. The zero-order chi connectivity index (χ0) is 14.4. The summed E-state index contributed by atoms with van der Waals surface area (Å²) in [4.78, 5) is 12.3. The summed E-state index contributed by atoms with van der Waals surface area (Å²) in [5.41, 5.74) is 3.96. The van der Waals surface area contributed by atoms with Crippen molar-refractivity contribution in [3.63, 3.8) is 0 Å². The van der Waals surface area contributed by atoms with Crippen LogP contribution in [0.3, 0.4) is 0 Å². The van der Waals surface area contributed by atoms with Gasteiger partial charge in [-0.25, -0.2) is 9.97 Å². The number of nitrogens with zero attached hydrogens (tertiary/aromatic N) is 2. The van der Waals surface area contributed by atoms with E-state index in [0.717, 1.165) is 26.4 Å². The van der Waals surface area contributed by atoms with Crippen LogP contribution in [-0.4, -0.2) is 15.0 Å². The molecule has 0 fully saturated rings. The third-order valence-electron chi connectivity index (χ3n) is 3.23. The number of nitrogens with one attached hydrogen (secondary N) is 2. The molecule has 0 saturated carbocycles. The molecule has 0 unspecified atom stereocenters. The van der Waals surface area contributed by atoms with Crippen molar-refractivity contribution in [1.29, 1.82) is 0 Å². The van der Waals surface area contributed by atoms with Crippen LogP contribution in [0.5, 0.6) is 0 Å². The number of thiazole rings is 1. The smallest absolute Gasteiger partial charge is 0.207 e. The van der Waals surface area contributed by atoms with E-state index in [9.17, 15) is 0 Å². The molecule has 2 aromatic heterocycles. The van der Waals surface area contributed by atoms with Crippen molar-refractivity contribution < 1.29 is 0 Å². The van der Waals surface area contributed by atoms with Crippen molar-refractivity contribution in [2.24, 2.45) is 0 Å². The van der Waals surface area contributed by atoms with Gasteiger partial charge in [0.15, 0.2) is 5.13 Å². The monoisotopic (exact) mass is 314 g/mol. The Morgan fingerprint density at radius 2 is 2.10 bits per heavy atom. The van der Waals surface area contributed by atoms with Crippen LogP contribution in [0.15, 0.2) is 36.4 Å². The molecule has 2 aromatic carbocycles. The first-order valence-electron chi connectivity index (χ1n) is 6.47. The number of benzene rings is 2. The molecule has 0 radical (unpaired) electrons. The van der Waals surface area contributed by atoms with Crippen molar-refractivity contribution in [3.05, 3.63) is 47.0 Å². The number of para-hydroxylation sites is 1. The first kappa shape index (κ1) is 12.6. The number of anilines is 2. The number of aryl methyl sites for hydroxylation is 1. The van der Waals surface area contributed by atoms with Crippen molar-refractivity contribution in [1.82, 2.24) is 15.0 Å². The molecule has 4 nitrogen and oxygen atoms in total. The lowest BCUT2D eigenvalue weighted by Gasteiger charge is -1.94. The number of halogens is 1. The number of imidazole rings is 1. The Morgan fingerprint density at radius 3 is 2.95 bits per heavy atom. The average molecular weight is 315 g/mol. The van der Waals surface area contributed by atoms with Gasteiger partial charge in [0.1, 0.15) is 5.52 Å². The Balaban J connectivity index is 1.73. The summed E-state index contributed by atoms with van der Waals surface area (Å²) in [7, 11) is 0. The maximum absolute atomic E-state index is 6.15. The summed E-state index contributed by atoms with van der Waals surface area (Å²) in [6.45, 7) is 2.06. The van der Waals surface area contributed by atoms with Crippen LogP contribution in [0.25, 0.3) is 21.3 Å². The van der Waals surface area contributed by atoms with Gasteiger partial charge in [0.25, 0.3) is 0 Å². The summed E-state index contributed by atoms with van der Waals surface area (Å²) in [5, 5.41) is 4.65. The highest BCUT2D eigenvalue weighted by Crippen LogP contribution is 2.32. The maximum Gasteiger partial charge on any atom is 0.207 e. The minimum absolute atomic E-state index is 0.664. The SMILES string of the molecule is Cc1ccc2nc(Nc3nc4c(Cl)cccc4s3)[nH]c2c1. The average Bonchev–Trinajstić information content (AvgIpc) is 3.02. The number of aromatic amines is 1. The Bertz CT molecular complexity index is 957. The predicted octanol–water partition coefficient (Wildman–Crippen LogP) is 4.88. The molecule has 0 aliphatic rings. The molecule has 104 valence electrons. The topological polar surface area (TPSA) is 53.6 Å². The number of hydrogen-bond donors (Lipinski definition) is 2. The summed E-state index contributed by atoms with van der Waals surface area (Å²) in [6, 6.07) is 11.9. The third-order valence-corrected chi connectivity index (χ3v) is 4.47. The summed E-state index contributed by atoms with van der Waals surface area (Å²) < 4.78 is 1.05. The number of hydrogen-bond acceptors (Lipinski definition) is 4. The zero-order valence-electron chi connectivity index (χ0n) is 11.1. The van der Waals surface area contributed by atoms with Gasteiger partial charge in [0.05, 0.1) is 20.8 Å². The number of aromatic nitrogens is 3. The quantitative estimate of drug-likeness (QED) is 0.554. The Hall–Kier alpha value is -2.11. The zero-order valence-corrected chi connectivity index (χ0v) is 12.7. The lowest BCUT2D eigenvalue weighted by Crippen LogP contribution is -1.90. The molecule has 0 amide bonds. The molecule has 0 aliphatic heterocycles. The van der Waals surface area contributed by atoms with Crippen LogP contribution >= 0.6 is 22.9 Å². The van der Waals surface area contributed by atoms with E-state index in [-0.39, 0.29) is 0 Å². The lowest BCUT2D eigenvalue weighted by molar-refractivity contribution is 1.29. The van der Waals surface area contributed by atoms with Crippen LogP contribution in [0.1, 0.15) is 5.56 Å². The van der Waals surface area contributed by atoms with Gasteiger partial charge in [-0.2, -0.15) is 0 Å². The van der Waals surface area contributed by atoms with Crippen LogP contribution < -0.4 is 5.32 Å². The van der Waals surface area contributed by atoms with Gasteiger partial charge >= 0.3 is 0 Å². The summed E-state index contributed by atoms with van der Waals surface area (Å²) in [5.74, 6) is 0.686. The van der Waals surface area contributed by atoms with Gasteiger partial charge in [-0.15, -0.1) is 0 Å². The first-order valence-corrected chi connectivity index (χ1v) is 7.67. The molecule has 0 saturated heterocycles. The Morgan fingerprint density at radius 1 is 1.19 bits per heavy atom. The molecular weight excluding hydrogens is 304 g/mol. The van der Waals surface area contributed by atoms with Gasteiger partial charge in [-0.3, -0.25) is 0 Å². The van der Waals surface area contributed by atoms with Gasteiger partial charge in [0, 0.05) is 0 Å². The Labute approximate surface area is 129 Å². The predicted molar refractivity (Wildman–Crippen MR) is 88.7 cm³/mol. The van der Waals surface area contributed by atoms with Crippen molar-refractivity contribution in [3.8, 4) is 0 Å². The highest BCUT2D eigenvalue weighted by molar-refractivity contribution is 7.22.